The molecule has 2 aliphatic rings. The maximum atomic E-state index is 12.8. The first-order valence-corrected chi connectivity index (χ1v) is 7.46. The lowest BCUT2D eigenvalue weighted by Crippen LogP contribution is -2.51. The smallest absolute Gasteiger partial charge is 0.254 e. The quantitative estimate of drug-likeness (QED) is 0.918. The normalized spacial score (nSPS) is 23.8. The Kier molecular flexibility index (Phi) is 5.81. The molecule has 22 heavy (non-hydrogen) atoms. The Balaban J connectivity index is 0.00000176. The largest absolute Gasteiger partial charge is 0.381 e. The van der Waals surface area contributed by atoms with Gasteiger partial charge in [0, 0.05) is 31.8 Å². The van der Waals surface area contributed by atoms with Crippen LogP contribution < -0.4 is 5.73 Å². The summed E-state index contributed by atoms with van der Waals surface area (Å²) in [6.07, 6.45) is 1.88. The molecule has 2 unspecified atom stereocenters. The molecule has 2 heterocycles. The molecule has 2 aliphatic heterocycles. The van der Waals surface area contributed by atoms with E-state index in [4.69, 9.17) is 15.2 Å². The third kappa shape index (κ3) is 3.27. The third-order valence-electron chi connectivity index (χ3n) is 4.50. The van der Waals surface area contributed by atoms with E-state index in [1.807, 2.05) is 23.1 Å². The SMILES string of the molecule is COC1CCN(C(=O)c2ccc3c(c2)COC3)C(CN)C1.Cl. The summed E-state index contributed by atoms with van der Waals surface area (Å²) in [5.41, 5.74) is 8.88. The van der Waals surface area contributed by atoms with Crippen LogP contribution >= 0.6 is 12.4 Å². The number of piperidine rings is 1. The second kappa shape index (κ2) is 7.42. The molecule has 0 radical (unpaired) electrons. The predicted molar refractivity (Wildman–Crippen MR) is 86.1 cm³/mol. The van der Waals surface area contributed by atoms with Crippen molar-refractivity contribution in [1.82, 2.24) is 4.90 Å². The van der Waals surface area contributed by atoms with E-state index in [2.05, 4.69) is 0 Å². The lowest BCUT2D eigenvalue weighted by Gasteiger charge is -2.38. The van der Waals surface area contributed by atoms with Gasteiger partial charge < -0.3 is 20.1 Å². The van der Waals surface area contributed by atoms with E-state index >= 15 is 0 Å². The summed E-state index contributed by atoms with van der Waals surface area (Å²) in [6.45, 7) is 2.42. The highest BCUT2D eigenvalue weighted by atomic mass is 35.5. The van der Waals surface area contributed by atoms with Gasteiger partial charge in [-0.15, -0.1) is 12.4 Å². The van der Waals surface area contributed by atoms with Crippen molar-refractivity contribution in [3.05, 3.63) is 34.9 Å². The zero-order valence-corrected chi connectivity index (χ0v) is 13.6. The number of amides is 1. The van der Waals surface area contributed by atoms with Crippen molar-refractivity contribution in [2.75, 3.05) is 20.2 Å². The van der Waals surface area contributed by atoms with Gasteiger partial charge in [0.25, 0.3) is 5.91 Å². The van der Waals surface area contributed by atoms with Crippen LogP contribution in [0.15, 0.2) is 18.2 Å². The average Bonchev–Trinajstić information content (AvgIpc) is 3.01. The standard InChI is InChI=1S/C16H22N2O3.ClH/c1-20-15-4-5-18(14(7-15)8-17)16(19)11-2-3-12-9-21-10-13(12)6-11;/h2-3,6,14-15H,4-5,7-10,17H2,1H3;1H. The topological polar surface area (TPSA) is 64.8 Å². The number of hydrogen-bond donors (Lipinski definition) is 1. The predicted octanol–water partition coefficient (Wildman–Crippen LogP) is 1.72. The Morgan fingerprint density at radius 2 is 2.18 bits per heavy atom. The first-order valence-electron chi connectivity index (χ1n) is 7.46. The molecule has 0 aromatic heterocycles. The van der Waals surface area contributed by atoms with Crippen molar-refractivity contribution in [3.63, 3.8) is 0 Å². The number of nitrogens with zero attached hydrogens (tertiary/aromatic N) is 1. The monoisotopic (exact) mass is 326 g/mol. The summed E-state index contributed by atoms with van der Waals surface area (Å²) in [5, 5.41) is 0. The number of hydrogen-bond acceptors (Lipinski definition) is 4. The van der Waals surface area contributed by atoms with Crippen molar-refractivity contribution >= 4 is 18.3 Å². The van der Waals surface area contributed by atoms with E-state index < -0.39 is 0 Å². The second-order valence-corrected chi connectivity index (χ2v) is 5.75. The molecule has 2 atom stereocenters. The zero-order valence-electron chi connectivity index (χ0n) is 12.8. The Morgan fingerprint density at radius 1 is 1.41 bits per heavy atom. The van der Waals surface area contributed by atoms with E-state index in [9.17, 15) is 4.79 Å². The molecular weight excluding hydrogens is 304 g/mol. The number of nitrogens with two attached hydrogens (primary N) is 1. The maximum absolute atomic E-state index is 12.8. The highest BCUT2D eigenvalue weighted by Crippen LogP contribution is 2.24. The minimum absolute atomic E-state index is 0. The number of carbonyl (C=O) groups is 1. The summed E-state index contributed by atoms with van der Waals surface area (Å²) >= 11 is 0. The van der Waals surface area contributed by atoms with Crippen LogP contribution in [0.1, 0.15) is 34.3 Å². The lowest BCUT2D eigenvalue weighted by atomic mass is 9.97. The number of methoxy groups -OCH3 is 1. The van der Waals surface area contributed by atoms with Crippen LogP contribution in [-0.2, 0) is 22.7 Å². The van der Waals surface area contributed by atoms with Gasteiger partial charge in [-0.3, -0.25) is 4.79 Å². The van der Waals surface area contributed by atoms with Crippen molar-refractivity contribution in [2.24, 2.45) is 5.73 Å². The third-order valence-corrected chi connectivity index (χ3v) is 4.50. The lowest BCUT2D eigenvalue weighted by molar-refractivity contribution is 0.0139. The second-order valence-electron chi connectivity index (χ2n) is 5.75. The van der Waals surface area contributed by atoms with Crippen LogP contribution in [0, 0.1) is 0 Å². The molecule has 3 rings (SSSR count). The summed E-state index contributed by atoms with van der Waals surface area (Å²) < 4.78 is 10.8. The van der Waals surface area contributed by atoms with Crippen molar-refractivity contribution in [3.8, 4) is 0 Å². The number of ether oxygens (including phenoxy) is 2. The van der Waals surface area contributed by atoms with Crippen molar-refractivity contribution in [1.29, 1.82) is 0 Å². The van der Waals surface area contributed by atoms with Gasteiger partial charge in [0.1, 0.15) is 0 Å². The highest BCUT2D eigenvalue weighted by Gasteiger charge is 2.31. The van der Waals surface area contributed by atoms with Gasteiger partial charge in [-0.25, -0.2) is 0 Å². The van der Waals surface area contributed by atoms with Crippen LogP contribution in [0.3, 0.4) is 0 Å². The fourth-order valence-electron chi connectivity index (χ4n) is 3.19. The Bertz CT molecular complexity index is 538. The van der Waals surface area contributed by atoms with Gasteiger partial charge in [-0.2, -0.15) is 0 Å². The number of halogens is 1. The number of rotatable bonds is 3. The average molecular weight is 327 g/mol. The molecule has 1 aromatic rings. The molecule has 1 fully saturated rings. The van der Waals surface area contributed by atoms with Crippen LogP contribution in [-0.4, -0.2) is 43.2 Å². The van der Waals surface area contributed by atoms with E-state index in [0.29, 0.717) is 26.3 Å². The van der Waals surface area contributed by atoms with Crippen LogP contribution in [0.25, 0.3) is 0 Å². The molecule has 0 aliphatic carbocycles. The van der Waals surface area contributed by atoms with Gasteiger partial charge in [0.15, 0.2) is 0 Å². The molecule has 122 valence electrons. The highest BCUT2D eigenvalue weighted by molar-refractivity contribution is 5.94. The first-order chi connectivity index (χ1) is 10.2. The number of carbonyl (C=O) groups excluding carboxylic acids is 1. The zero-order chi connectivity index (χ0) is 14.8. The van der Waals surface area contributed by atoms with Crippen LogP contribution in [0.2, 0.25) is 0 Å². The van der Waals surface area contributed by atoms with Gasteiger partial charge >= 0.3 is 0 Å². The van der Waals surface area contributed by atoms with Gasteiger partial charge in [-0.1, -0.05) is 6.07 Å². The summed E-state index contributed by atoms with van der Waals surface area (Å²) in [6, 6.07) is 5.90. The molecule has 1 saturated heterocycles. The van der Waals surface area contributed by atoms with Gasteiger partial charge in [0.05, 0.1) is 19.3 Å². The minimum atomic E-state index is 0. The molecular formula is C16H23ClN2O3. The number of fused-ring (bicyclic) bond motifs is 1. The molecule has 1 aromatic carbocycles. The Morgan fingerprint density at radius 3 is 2.91 bits per heavy atom. The summed E-state index contributed by atoms with van der Waals surface area (Å²) in [5.74, 6) is 0.0645. The fourth-order valence-corrected chi connectivity index (χ4v) is 3.19. The molecule has 0 spiro atoms. The minimum Gasteiger partial charge on any atom is -0.381 e. The molecule has 2 N–H and O–H groups in total. The van der Waals surface area contributed by atoms with E-state index in [0.717, 1.165) is 24.0 Å². The van der Waals surface area contributed by atoms with Crippen LogP contribution in [0.5, 0.6) is 0 Å². The molecule has 5 nitrogen and oxygen atoms in total. The number of likely N-dealkylation sites (tertiary alicyclic amines) is 1. The van der Waals surface area contributed by atoms with Crippen molar-refractivity contribution in [2.45, 2.75) is 38.2 Å². The Hall–Kier alpha value is -1.14. The molecule has 0 saturated carbocycles. The fraction of sp³-hybridized carbons (Fsp3) is 0.562. The van der Waals surface area contributed by atoms with Gasteiger partial charge in [0.2, 0.25) is 0 Å². The van der Waals surface area contributed by atoms with E-state index in [-0.39, 0.29) is 30.5 Å². The van der Waals surface area contributed by atoms with Crippen LogP contribution in [0.4, 0.5) is 0 Å². The molecule has 0 bridgehead atoms. The Labute approximate surface area is 137 Å². The first kappa shape index (κ1) is 17.2. The number of benzene rings is 1. The van der Waals surface area contributed by atoms with Crippen molar-refractivity contribution < 1.29 is 14.3 Å². The molecule has 1 amide bonds. The van der Waals surface area contributed by atoms with Gasteiger partial charge in [-0.05, 0) is 36.1 Å². The van der Waals surface area contributed by atoms with E-state index in [1.165, 1.54) is 5.56 Å². The molecule has 6 heteroatoms. The summed E-state index contributed by atoms with van der Waals surface area (Å²) in [4.78, 5) is 14.6. The maximum Gasteiger partial charge on any atom is 0.254 e. The summed E-state index contributed by atoms with van der Waals surface area (Å²) in [7, 11) is 1.72. The van der Waals surface area contributed by atoms with E-state index in [1.54, 1.807) is 7.11 Å².